The fourth-order valence-corrected chi connectivity index (χ4v) is 1.52. The van der Waals surface area contributed by atoms with Crippen LogP contribution in [-0.2, 0) is 9.53 Å². The largest absolute Gasteiger partial charge is 0.494 e. The van der Waals surface area contributed by atoms with Crippen LogP contribution in [0.3, 0.4) is 0 Å². The summed E-state index contributed by atoms with van der Waals surface area (Å²) >= 11 is 0. The first kappa shape index (κ1) is 17.7. The highest BCUT2D eigenvalue weighted by Crippen LogP contribution is 2.22. The Bertz CT molecular complexity index is 403. The fraction of sp³-hybridized carbons (Fsp3) is 0.462. The predicted molar refractivity (Wildman–Crippen MR) is 73.3 cm³/mol. The van der Waals surface area contributed by atoms with Crippen LogP contribution in [-0.4, -0.2) is 25.4 Å². The minimum atomic E-state index is -1.87. The number of hydrogen-bond acceptors (Lipinski definition) is 4. The summed E-state index contributed by atoms with van der Waals surface area (Å²) in [7, 11) is 0. The summed E-state index contributed by atoms with van der Waals surface area (Å²) in [5, 5.41) is 0. The number of halogens is 2. The Balaban J connectivity index is 0.00000324. The van der Waals surface area contributed by atoms with Gasteiger partial charge in [0.25, 0.3) is 0 Å². The van der Waals surface area contributed by atoms with Crippen molar-refractivity contribution in [3.63, 3.8) is 0 Å². The van der Waals surface area contributed by atoms with Gasteiger partial charge in [-0.3, -0.25) is 0 Å². The molecule has 0 radical (unpaired) electrons. The third-order valence-electron chi connectivity index (χ3n) is 2.38. The molecule has 1 aromatic rings. The maximum atomic E-state index is 13.7. The molecule has 4 nitrogen and oxygen atoms in total. The number of rotatable bonds is 6. The van der Waals surface area contributed by atoms with Gasteiger partial charge in [0.05, 0.1) is 19.3 Å². The van der Waals surface area contributed by atoms with Crippen molar-refractivity contribution in [3.8, 4) is 5.75 Å². The van der Waals surface area contributed by atoms with Crippen LogP contribution < -0.4 is 10.5 Å². The molecule has 0 heterocycles. The lowest BCUT2D eigenvalue weighted by Gasteiger charge is -2.16. The van der Waals surface area contributed by atoms with Crippen molar-refractivity contribution in [2.24, 2.45) is 5.73 Å². The Labute approximate surface area is 118 Å². The summed E-state index contributed by atoms with van der Waals surface area (Å²) in [6.07, 6.45) is -1.87. The van der Waals surface area contributed by atoms with Gasteiger partial charge in [-0.25, -0.2) is 9.18 Å². The molecule has 2 N–H and O–H groups in total. The van der Waals surface area contributed by atoms with Crippen molar-refractivity contribution < 1.29 is 18.7 Å². The molecule has 2 atom stereocenters. The molecule has 1 unspecified atom stereocenters. The van der Waals surface area contributed by atoms with E-state index in [2.05, 4.69) is 4.74 Å². The maximum absolute atomic E-state index is 13.7. The van der Waals surface area contributed by atoms with Gasteiger partial charge in [-0.2, -0.15) is 0 Å². The molecule has 0 amide bonds. The highest BCUT2D eigenvalue weighted by atomic mass is 35.5. The standard InChI is InChI=1S/C13H18FNO3.ClH/c1-3-17-10-7-5-6-9(8-10)12(15)11(14)13(16)18-4-2;/h5-8,11-12H,3-4,15H2,1-2H3;1H/t11?,12-;/m1./s1. The smallest absolute Gasteiger partial charge is 0.342 e. The zero-order valence-electron chi connectivity index (χ0n) is 11.0. The average Bonchev–Trinajstić information content (AvgIpc) is 2.38. The van der Waals surface area contributed by atoms with E-state index in [1.54, 1.807) is 31.2 Å². The Kier molecular flexibility index (Phi) is 8.11. The highest BCUT2D eigenvalue weighted by molar-refractivity contribution is 5.85. The molecular formula is C13H19ClFNO3. The molecule has 108 valence electrons. The van der Waals surface area contributed by atoms with E-state index in [1.165, 1.54) is 0 Å². The monoisotopic (exact) mass is 291 g/mol. The maximum Gasteiger partial charge on any atom is 0.342 e. The van der Waals surface area contributed by atoms with E-state index >= 15 is 0 Å². The highest BCUT2D eigenvalue weighted by Gasteiger charge is 2.27. The van der Waals surface area contributed by atoms with Gasteiger partial charge in [-0.05, 0) is 31.5 Å². The van der Waals surface area contributed by atoms with Crippen LogP contribution in [0.1, 0.15) is 25.5 Å². The van der Waals surface area contributed by atoms with Gasteiger partial charge in [0, 0.05) is 0 Å². The minimum Gasteiger partial charge on any atom is -0.494 e. The van der Waals surface area contributed by atoms with Crippen LogP contribution >= 0.6 is 12.4 Å². The predicted octanol–water partition coefficient (Wildman–Crippen LogP) is 2.41. The van der Waals surface area contributed by atoms with Gasteiger partial charge >= 0.3 is 5.97 Å². The summed E-state index contributed by atoms with van der Waals surface area (Å²) in [6, 6.07) is 5.68. The molecule has 0 aliphatic carbocycles. The van der Waals surface area contributed by atoms with Gasteiger partial charge in [-0.1, -0.05) is 12.1 Å². The lowest BCUT2D eigenvalue weighted by molar-refractivity contribution is -0.149. The molecule has 1 aromatic carbocycles. The first-order chi connectivity index (χ1) is 8.60. The number of benzene rings is 1. The normalized spacial score (nSPS) is 13.1. The number of alkyl halides is 1. The molecule has 0 bridgehead atoms. The summed E-state index contributed by atoms with van der Waals surface area (Å²) in [5.41, 5.74) is 6.20. The molecule has 0 saturated carbocycles. The van der Waals surface area contributed by atoms with E-state index in [-0.39, 0.29) is 19.0 Å². The van der Waals surface area contributed by atoms with Crippen molar-refractivity contribution >= 4 is 18.4 Å². The van der Waals surface area contributed by atoms with Crippen molar-refractivity contribution in [3.05, 3.63) is 29.8 Å². The average molecular weight is 292 g/mol. The summed E-state index contributed by atoms with van der Waals surface area (Å²) in [5.74, 6) is -0.340. The lowest BCUT2D eigenvalue weighted by atomic mass is 10.0. The second-order valence-electron chi connectivity index (χ2n) is 3.69. The second kappa shape index (κ2) is 8.72. The Morgan fingerprint density at radius 2 is 2.05 bits per heavy atom. The van der Waals surface area contributed by atoms with Gasteiger partial charge in [-0.15, -0.1) is 12.4 Å². The Hall–Kier alpha value is -1.33. The van der Waals surface area contributed by atoms with Gasteiger partial charge < -0.3 is 15.2 Å². The number of hydrogen-bond donors (Lipinski definition) is 1. The van der Waals surface area contributed by atoms with E-state index in [0.717, 1.165) is 0 Å². The fourth-order valence-electron chi connectivity index (χ4n) is 1.52. The van der Waals surface area contributed by atoms with Gasteiger partial charge in [0.2, 0.25) is 6.17 Å². The number of nitrogens with two attached hydrogens (primary N) is 1. The molecule has 19 heavy (non-hydrogen) atoms. The molecular weight excluding hydrogens is 273 g/mol. The number of carbonyl (C=O) groups excluding carboxylic acids is 1. The van der Waals surface area contributed by atoms with E-state index in [4.69, 9.17) is 10.5 Å². The first-order valence-electron chi connectivity index (χ1n) is 5.89. The van der Waals surface area contributed by atoms with Crippen molar-refractivity contribution in [2.45, 2.75) is 26.1 Å². The van der Waals surface area contributed by atoms with Crippen LogP contribution in [0.4, 0.5) is 4.39 Å². The number of ether oxygens (including phenoxy) is 2. The molecule has 0 fully saturated rings. The van der Waals surface area contributed by atoms with Crippen LogP contribution in [0.5, 0.6) is 5.75 Å². The number of esters is 1. The van der Waals surface area contributed by atoms with Crippen molar-refractivity contribution in [1.29, 1.82) is 0 Å². The van der Waals surface area contributed by atoms with E-state index < -0.39 is 18.2 Å². The SMILES string of the molecule is CCOC(=O)C(F)[C@H](N)c1cccc(OCC)c1.Cl. The first-order valence-corrected chi connectivity index (χ1v) is 5.89. The lowest BCUT2D eigenvalue weighted by Crippen LogP contribution is -2.31. The number of carbonyl (C=O) groups is 1. The van der Waals surface area contributed by atoms with E-state index in [0.29, 0.717) is 17.9 Å². The van der Waals surface area contributed by atoms with Crippen LogP contribution in [0.25, 0.3) is 0 Å². The molecule has 0 spiro atoms. The summed E-state index contributed by atoms with van der Waals surface area (Å²) < 4.78 is 23.6. The zero-order chi connectivity index (χ0) is 13.5. The van der Waals surface area contributed by atoms with Crippen molar-refractivity contribution in [2.75, 3.05) is 13.2 Å². The summed E-state index contributed by atoms with van der Waals surface area (Å²) in [6.45, 7) is 4.11. The second-order valence-corrected chi connectivity index (χ2v) is 3.69. The Morgan fingerprint density at radius 1 is 1.37 bits per heavy atom. The molecule has 1 rings (SSSR count). The van der Waals surface area contributed by atoms with E-state index in [1.807, 2.05) is 6.92 Å². The van der Waals surface area contributed by atoms with Crippen LogP contribution in [0.2, 0.25) is 0 Å². The molecule has 0 saturated heterocycles. The molecule has 6 heteroatoms. The topological polar surface area (TPSA) is 61.5 Å². The van der Waals surface area contributed by atoms with Crippen LogP contribution in [0.15, 0.2) is 24.3 Å². The zero-order valence-corrected chi connectivity index (χ0v) is 11.8. The van der Waals surface area contributed by atoms with Crippen molar-refractivity contribution in [1.82, 2.24) is 0 Å². The molecule has 0 aliphatic rings. The van der Waals surface area contributed by atoms with E-state index in [9.17, 15) is 9.18 Å². The quantitative estimate of drug-likeness (QED) is 0.818. The minimum absolute atomic E-state index is 0. The molecule has 0 aromatic heterocycles. The van der Waals surface area contributed by atoms with Crippen LogP contribution in [0, 0.1) is 0 Å². The van der Waals surface area contributed by atoms with Gasteiger partial charge in [0.15, 0.2) is 0 Å². The third-order valence-corrected chi connectivity index (χ3v) is 2.38. The Morgan fingerprint density at radius 3 is 2.63 bits per heavy atom. The third kappa shape index (κ3) is 5.04. The van der Waals surface area contributed by atoms with Gasteiger partial charge in [0.1, 0.15) is 5.75 Å². The molecule has 0 aliphatic heterocycles. The summed E-state index contributed by atoms with van der Waals surface area (Å²) in [4.78, 5) is 11.3.